The molecule has 8 heteroatoms. The van der Waals surface area contributed by atoms with E-state index in [0.29, 0.717) is 33.0 Å². The largest absolute Gasteiger partial charge is 0.301 e. The van der Waals surface area contributed by atoms with Gasteiger partial charge in [-0.05, 0) is 29.7 Å². The lowest BCUT2D eigenvalue weighted by atomic mass is 10.1. The molecule has 1 aromatic heterocycles. The second kappa shape index (κ2) is 9.39. The van der Waals surface area contributed by atoms with Gasteiger partial charge in [0.2, 0.25) is 5.91 Å². The molecule has 140 valence electrons. The first-order valence-corrected chi connectivity index (χ1v) is 10.9. The summed E-state index contributed by atoms with van der Waals surface area (Å²) < 4.78 is 0. The van der Waals surface area contributed by atoms with Crippen LogP contribution in [0, 0.1) is 0 Å². The van der Waals surface area contributed by atoms with Crippen LogP contribution in [0.5, 0.6) is 0 Å². The van der Waals surface area contributed by atoms with E-state index in [9.17, 15) is 4.79 Å². The molecule has 1 N–H and O–H groups in total. The number of nitrogens with one attached hydrogen (secondary N) is 1. The standard InChI is InChI=1S/C19H14BrCl3N2OS/c20-14(9-11-4-1-2-6-15(11)21)18(26)25-19-24-10-13(27-19)8-12-5-3-7-16(22)17(12)23/h1-7,10,14H,8-9H2,(H,24,25,26). The van der Waals surface area contributed by atoms with Crippen LogP contribution in [0.4, 0.5) is 5.13 Å². The molecule has 1 unspecified atom stereocenters. The van der Waals surface area contributed by atoms with E-state index < -0.39 is 4.83 Å². The molecule has 0 saturated carbocycles. The molecule has 0 fully saturated rings. The average molecular weight is 505 g/mol. The Balaban J connectivity index is 1.62. The number of benzene rings is 2. The second-order valence-corrected chi connectivity index (χ2v) is 9.19. The molecule has 0 spiro atoms. The van der Waals surface area contributed by atoms with Gasteiger partial charge in [0.05, 0.1) is 14.9 Å². The van der Waals surface area contributed by atoms with Crippen LogP contribution in [0.1, 0.15) is 16.0 Å². The van der Waals surface area contributed by atoms with Crippen LogP contribution in [0.25, 0.3) is 0 Å². The van der Waals surface area contributed by atoms with E-state index in [1.807, 2.05) is 36.4 Å². The predicted octanol–water partition coefficient (Wildman–Crippen LogP) is 6.64. The minimum atomic E-state index is -0.410. The number of carbonyl (C=O) groups excluding carboxylic acids is 1. The Bertz CT molecular complexity index is 964. The molecule has 2 aromatic carbocycles. The molecule has 0 saturated heterocycles. The normalized spacial score (nSPS) is 12.0. The number of halogens is 4. The van der Waals surface area contributed by atoms with Crippen molar-refractivity contribution >= 4 is 73.1 Å². The number of aromatic nitrogens is 1. The smallest absolute Gasteiger partial charge is 0.240 e. The first kappa shape index (κ1) is 20.6. The van der Waals surface area contributed by atoms with Crippen LogP contribution in [-0.4, -0.2) is 15.7 Å². The molecule has 0 bridgehead atoms. The summed E-state index contributed by atoms with van der Waals surface area (Å²) in [6.45, 7) is 0. The highest BCUT2D eigenvalue weighted by atomic mass is 79.9. The summed E-state index contributed by atoms with van der Waals surface area (Å²) in [5.41, 5.74) is 1.83. The summed E-state index contributed by atoms with van der Waals surface area (Å²) in [5, 5.41) is 5.08. The van der Waals surface area contributed by atoms with Gasteiger partial charge in [-0.3, -0.25) is 4.79 Å². The second-order valence-electron chi connectivity index (χ2n) is 5.77. The van der Waals surface area contributed by atoms with Crippen molar-refractivity contribution in [2.45, 2.75) is 17.7 Å². The van der Waals surface area contributed by atoms with E-state index in [1.54, 1.807) is 12.3 Å². The quantitative estimate of drug-likeness (QED) is 0.383. The summed E-state index contributed by atoms with van der Waals surface area (Å²) in [6.07, 6.45) is 2.82. The van der Waals surface area contributed by atoms with Gasteiger partial charge in [0, 0.05) is 22.5 Å². The zero-order valence-corrected chi connectivity index (χ0v) is 18.6. The summed E-state index contributed by atoms with van der Waals surface area (Å²) in [4.78, 5) is 17.3. The molecular weight excluding hydrogens is 491 g/mol. The lowest BCUT2D eigenvalue weighted by Crippen LogP contribution is -2.24. The first-order valence-electron chi connectivity index (χ1n) is 8.00. The third-order valence-electron chi connectivity index (χ3n) is 3.82. The molecule has 27 heavy (non-hydrogen) atoms. The van der Waals surface area contributed by atoms with Crippen LogP contribution in [0.2, 0.25) is 15.1 Å². The van der Waals surface area contributed by atoms with Gasteiger partial charge < -0.3 is 5.32 Å². The fourth-order valence-corrected chi connectivity index (χ4v) is 4.35. The number of rotatable bonds is 6. The maximum Gasteiger partial charge on any atom is 0.240 e. The molecule has 1 amide bonds. The average Bonchev–Trinajstić information content (AvgIpc) is 3.08. The highest BCUT2D eigenvalue weighted by Gasteiger charge is 2.18. The molecule has 0 aliphatic rings. The molecule has 0 radical (unpaired) electrons. The molecular formula is C19H14BrCl3N2OS. The Morgan fingerprint density at radius 1 is 1.07 bits per heavy atom. The van der Waals surface area contributed by atoms with Crippen molar-refractivity contribution in [3.8, 4) is 0 Å². The van der Waals surface area contributed by atoms with Crippen molar-refractivity contribution in [1.29, 1.82) is 0 Å². The molecule has 0 aliphatic carbocycles. The molecule has 3 rings (SSSR count). The summed E-state index contributed by atoms with van der Waals surface area (Å²) in [7, 11) is 0. The molecule has 3 nitrogen and oxygen atoms in total. The van der Waals surface area contributed by atoms with E-state index in [1.165, 1.54) is 11.3 Å². The zero-order chi connectivity index (χ0) is 19.4. The van der Waals surface area contributed by atoms with Gasteiger partial charge in [0.15, 0.2) is 5.13 Å². The third-order valence-corrected chi connectivity index (χ3v) is 6.70. The lowest BCUT2D eigenvalue weighted by molar-refractivity contribution is -0.115. The Labute approximate surface area is 184 Å². The van der Waals surface area contributed by atoms with Crippen LogP contribution in [-0.2, 0) is 17.6 Å². The first-order chi connectivity index (χ1) is 12.9. The van der Waals surface area contributed by atoms with Gasteiger partial charge in [-0.2, -0.15) is 0 Å². The van der Waals surface area contributed by atoms with E-state index >= 15 is 0 Å². The van der Waals surface area contributed by atoms with Gasteiger partial charge >= 0.3 is 0 Å². The minimum absolute atomic E-state index is 0.170. The van der Waals surface area contributed by atoms with Crippen LogP contribution in [0.15, 0.2) is 48.7 Å². The van der Waals surface area contributed by atoms with Crippen molar-refractivity contribution in [3.63, 3.8) is 0 Å². The number of anilines is 1. The van der Waals surface area contributed by atoms with Gasteiger partial charge in [0.1, 0.15) is 0 Å². The van der Waals surface area contributed by atoms with Crippen molar-refractivity contribution in [1.82, 2.24) is 4.98 Å². The Morgan fingerprint density at radius 2 is 1.78 bits per heavy atom. The highest BCUT2D eigenvalue weighted by Crippen LogP contribution is 2.30. The third kappa shape index (κ3) is 5.46. The topological polar surface area (TPSA) is 42.0 Å². The van der Waals surface area contributed by atoms with E-state index in [-0.39, 0.29) is 5.91 Å². The van der Waals surface area contributed by atoms with Gasteiger partial charge in [0.25, 0.3) is 0 Å². The maximum atomic E-state index is 12.4. The van der Waals surface area contributed by atoms with Crippen LogP contribution < -0.4 is 5.32 Å². The number of hydrogen-bond donors (Lipinski definition) is 1. The van der Waals surface area contributed by atoms with E-state index in [4.69, 9.17) is 34.8 Å². The van der Waals surface area contributed by atoms with Crippen molar-refractivity contribution in [2.75, 3.05) is 5.32 Å². The lowest BCUT2D eigenvalue weighted by Gasteiger charge is -2.10. The Morgan fingerprint density at radius 3 is 2.56 bits per heavy atom. The van der Waals surface area contributed by atoms with Crippen molar-refractivity contribution in [2.24, 2.45) is 0 Å². The molecule has 0 aliphatic heterocycles. The van der Waals surface area contributed by atoms with E-state index in [2.05, 4.69) is 26.2 Å². The number of amides is 1. The molecule has 1 atom stereocenters. The zero-order valence-electron chi connectivity index (χ0n) is 13.9. The Kier molecular flexibility index (Phi) is 7.17. The minimum Gasteiger partial charge on any atom is -0.301 e. The summed E-state index contributed by atoms with van der Waals surface area (Å²) >= 11 is 23.3. The fourth-order valence-electron chi connectivity index (χ4n) is 2.45. The monoisotopic (exact) mass is 502 g/mol. The van der Waals surface area contributed by atoms with Gasteiger partial charge in [-0.15, -0.1) is 11.3 Å². The number of thiazole rings is 1. The fraction of sp³-hybridized carbons (Fsp3) is 0.158. The molecule has 3 aromatic rings. The number of carbonyl (C=O) groups is 1. The number of alkyl halides is 1. The number of hydrogen-bond acceptors (Lipinski definition) is 3. The highest BCUT2D eigenvalue weighted by molar-refractivity contribution is 9.10. The van der Waals surface area contributed by atoms with Crippen molar-refractivity contribution < 1.29 is 4.79 Å². The molecule has 1 heterocycles. The summed E-state index contributed by atoms with van der Waals surface area (Å²) in [6, 6.07) is 13.0. The SMILES string of the molecule is O=C(Nc1ncc(Cc2cccc(Cl)c2Cl)s1)C(Br)Cc1ccccc1Cl. The van der Waals surface area contributed by atoms with Gasteiger partial charge in [-0.25, -0.2) is 4.98 Å². The predicted molar refractivity (Wildman–Crippen MR) is 118 cm³/mol. The maximum absolute atomic E-state index is 12.4. The van der Waals surface area contributed by atoms with Crippen LogP contribution in [0.3, 0.4) is 0 Å². The Hall–Kier alpha value is -1.11. The summed E-state index contributed by atoms with van der Waals surface area (Å²) in [5.74, 6) is -0.170. The van der Waals surface area contributed by atoms with E-state index in [0.717, 1.165) is 16.0 Å². The number of nitrogens with zero attached hydrogens (tertiary/aromatic N) is 1. The van der Waals surface area contributed by atoms with Gasteiger partial charge in [-0.1, -0.05) is 81.1 Å². The van der Waals surface area contributed by atoms with Crippen molar-refractivity contribution in [3.05, 3.63) is 79.7 Å². The van der Waals surface area contributed by atoms with Crippen LogP contribution >= 0.6 is 62.1 Å².